The van der Waals surface area contributed by atoms with Crippen molar-refractivity contribution in [2.45, 2.75) is 13.5 Å². The second-order valence-corrected chi connectivity index (χ2v) is 9.68. The third-order valence-electron chi connectivity index (χ3n) is 5.35. The van der Waals surface area contributed by atoms with E-state index in [0.717, 1.165) is 14.0 Å². The minimum absolute atomic E-state index is 0.0122. The van der Waals surface area contributed by atoms with Crippen LogP contribution in [0.1, 0.15) is 18.1 Å². The summed E-state index contributed by atoms with van der Waals surface area (Å²) in [7, 11) is 0. The molecule has 11 heteroatoms. The first-order valence-corrected chi connectivity index (χ1v) is 12.9. The van der Waals surface area contributed by atoms with Crippen LogP contribution < -0.4 is 20.1 Å². The van der Waals surface area contributed by atoms with E-state index in [1.165, 1.54) is 24.3 Å². The second-order valence-electron chi connectivity index (χ2n) is 8.09. The fraction of sp³-hybridized carbons (Fsp3) is 0.148. The molecule has 0 atom stereocenters. The van der Waals surface area contributed by atoms with Crippen LogP contribution in [0.3, 0.4) is 0 Å². The molecule has 1 fully saturated rings. The Kier molecular flexibility index (Phi) is 8.85. The average molecular weight is 650 g/mol. The third kappa shape index (κ3) is 6.62. The van der Waals surface area contributed by atoms with E-state index < -0.39 is 30.2 Å². The molecule has 0 radical (unpaired) electrons. The quantitative estimate of drug-likeness (QED) is 0.179. The molecule has 0 saturated carbocycles. The van der Waals surface area contributed by atoms with E-state index in [0.29, 0.717) is 35.3 Å². The summed E-state index contributed by atoms with van der Waals surface area (Å²) in [6, 6.07) is 15.6. The standard InChI is InChI=1S/C27H22ClFIN3O5/c1-2-37-23-13-17(11-20(30)25(23)38-15-16-7-9-18(28)10-8-16)12-22-26(35)33(27(36)32-22)14-24(34)31-21-6-4-3-5-19(21)29/h3-13H,2,14-15H2,1H3,(H,31,34)(H,32,36)/b22-12+. The van der Waals surface area contributed by atoms with Crippen LogP contribution in [0, 0.1) is 9.39 Å². The van der Waals surface area contributed by atoms with E-state index in [2.05, 4.69) is 33.2 Å². The largest absolute Gasteiger partial charge is 0.490 e. The molecule has 1 aliphatic heterocycles. The lowest BCUT2D eigenvalue weighted by molar-refractivity contribution is -0.127. The predicted molar refractivity (Wildman–Crippen MR) is 149 cm³/mol. The predicted octanol–water partition coefficient (Wildman–Crippen LogP) is 5.59. The zero-order chi connectivity index (χ0) is 27.2. The van der Waals surface area contributed by atoms with E-state index in [1.54, 1.807) is 30.3 Å². The number of amides is 4. The summed E-state index contributed by atoms with van der Waals surface area (Å²) in [4.78, 5) is 38.4. The summed E-state index contributed by atoms with van der Waals surface area (Å²) in [5, 5.41) is 5.47. The lowest BCUT2D eigenvalue weighted by Crippen LogP contribution is -2.38. The first-order valence-electron chi connectivity index (χ1n) is 11.5. The number of rotatable bonds is 9. The van der Waals surface area contributed by atoms with Crippen molar-refractivity contribution in [3.05, 3.63) is 91.9 Å². The Bertz CT molecular complexity index is 1410. The van der Waals surface area contributed by atoms with Crippen molar-refractivity contribution >= 4 is 63.8 Å². The molecule has 38 heavy (non-hydrogen) atoms. The van der Waals surface area contributed by atoms with Crippen LogP contribution in [-0.2, 0) is 16.2 Å². The molecule has 0 spiro atoms. The maximum atomic E-state index is 13.8. The van der Waals surface area contributed by atoms with Gasteiger partial charge in [0.05, 0.1) is 15.9 Å². The molecule has 1 aliphatic rings. The number of hydrogen-bond acceptors (Lipinski definition) is 5. The number of carbonyl (C=O) groups is 3. The van der Waals surface area contributed by atoms with Gasteiger partial charge in [-0.2, -0.15) is 0 Å². The maximum absolute atomic E-state index is 13.8. The van der Waals surface area contributed by atoms with Crippen molar-refractivity contribution in [3.8, 4) is 11.5 Å². The van der Waals surface area contributed by atoms with Crippen molar-refractivity contribution in [1.29, 1.82) is 0 Å². The fourth-order valence-electron chi connectivity index (χ4n) is 3.59. The Hall–Kier alpha value is -3.64. The minimum atomic E-state index is -0.757. The van der Waals surface area contributed by atoms with Crippen LogP contribution in [0.25, 0.3) is 6.08 Å². The van der Waals surface area contributed by atoms with Crippen LogP contribution in [0.5, 0.6) is 11.5 Å². The summed E-state index contributed by atoms with van der Waals surface area (Å²) in [6.45, 7) is 1.95. The Morgan fingerprint density at radius 3 is 2.58 bits per heavy atom. The van der Waals surface area contributed by atoms with E-state index in [9.17, 15) is 18.8 Å². The Balaban J connectivity index is 1.49. The smallest absolute Gasteiger partial charge is 0.329 e. The van der Waals surface area contributed by atoms with Gasteiger partial charge in [0.25, 0.3) is 5.91 Å². The number of halogens is 3. The number of nitrogens with zero attached hydrogens (tertiary/aromatic N) is 1. The number of nitrogens with one attached hydrogen (secondary N) is 2. The molecule has 4 rings (SSSR count). The summed E-state index contributed by atoms with van der Waals surface area (Å²) in [5.41, 5.74) is 1.45. The van der Waals surface area contributed by atoms with Gasteiger partial charge in [0.2, 0.25) is 5.91 Å². The highest BCUT2D eigenvalue weighted by molar-refractivity contribution is 14.1. The second kappa shape index (κ2) is 12.3. The first-order chi connectivity index (χ1) is 18.2. The molecular weight excluding hydrogens is 628 g/mol. The van der Waals surface area contributed by atoms with Gasteiger partial charge in [-0.05, 0) is 83.1 Å². The average Bonchev–Trinajstić information content (AvgIpc) is 3.13. The number of para-hydroxylation sites is 1. The Morgan fingerprint density at radius 2 is 1.87 bits per heavy atom. The molecule has 0 aromatic heterocycles. The lowest BCUT2D eigenvalue weighted by atomic mass is 10.1. The van der Waals surface area contributed by atoms with Crippen molar-refractivity contribution in [2.75, 3.05) is 18.5 Å². The van der Waals surface area contributed by atoms with Crippen molar-refractivity contribution < 1.29 is 28.2 Å². The van der Waals surface area contributed by atoms with E-state index in [1.807, 2.05) is 19.1 Å². The number of anilines is 1. The minimum Gasteiger partial charge on any atom is -0.490 e. The molecular formula is C27H22ClFIN3O5. The molecule has 3 aromatic rings. The summed E-state index contributed by atoms with van der Waals surface area (Å²) >= 11 is 8.05. The van der Waals surface area contributed by atoms with Crippen LogP contribution in [0.2, 0.25) is 5.02 Å². The molecule has 0 aliphatic carbocycles. The molecule has 4 amide bonds. The molecule has 196 valence electrons. The molecule has 0 unspecified atom stereocenters. The molecule has 3 aromatic carbocycles. The van der Waals surface area contributed by atoms with Crippen molar-refractivity contribution in [3.63, 3.8) is 0 Å². The van der Waals surface area contributed by atoms with Gasteiger partial charge in [-0.25, -0.2) is 14.1 Å². The maximum Gasteiger partial charge on any atom is 0.329 e. The number of hydrogen-bond donors (Lipinski definition) is 2. The van der Waals surface area contributed by atoms with Gasteiger partial charge >= 0.3 is 6.03 Å². The van der Waals surface area contributed by atoms with Crippen LogP contribution >= 0.6 is 34.2 Å². The summed E-state index contributed by atoms with van der Waals surface area (Å²) in [5.74, 6) is -1.01. The van der Waals surface area contributed by atoms with E-state index >= 15 is 0 Å². The number of urea groups is 1. The first kappa shape index (κ1) is 27.4. The highest BCUT2D eigenvalue weighted by Crippen LogP contribution is 2.36. The number of imide groups is 1. The fourth-order valence-corrected chi connectivity index (χ4v) is 4.50. The summed E-state index contributed by atoms with van der Waals surface area (Å²) < 4.78 is 26.3. The molecule has 1 heterocycles. The highest BCUT2D eigenvalue weighted by atomic mass is 127. The summed E-state index contributed by atoms with van der Waals surface area (Å²) in [6.07, 6.45) is 1.49. The molecule has 0 bridgehead atoms. The monoisotopic (exact) mass is 649 g/mol. The highest BCUT2D eigenvalue weighted by Gasteiger charge is 2.35. The number of ether oxygens (including phenoxy) is 2. The Labute approximate surface area is 236 Å². The van der Waals surface area contributed by atoms with Gasteiger partial charge in [-0.3, -0.25) is 9.59 Å². The topological polar surface area (TPSA) is 97.0 Å². The van der Waals surface area contributed by atoms with Crippen LogP contribution in [0.4, 0.5) is 14.9 Å². The molecule has 8 nitrogen and oxygen atoms in total. The zero-order valence-electron chi connectivity index (χ0n) is 20.1. The van der Waals surface area contributed by atoms with Crippen LogP contribution in [0.15, 0.2) is 66.4 Å². The van der Waals surface area contributed by atoms with Gasteiger partial charge in [-0.15, -0.1) is 0 Å². The number of benzene rings is 3. The SMILES string of the molecule is CCOc1cc(/C=C2/NC(=O)N(CC(=O)Nc3ccccc3F)C2=O)cc(I)c1OCc1ccc(Cl)cc1. The van der Waals surface area contributed by atoms with E-state index in [4.69, 9.17) is 21.1 Å². The van der Waals surface area contributed by atoms with Crippen LogP contribution in [-0.4, -0.2) is 35.9 Å². The molecule has 1 saturated heterocycles. The molecule has 2 N–H and O–H groups in total. The zero-order valence-corrected chi connectivity index (χ0v) is 23.0. The third-order valence-corrected chi connectivity index (χ3v) is 6.40. The van der Waals surface area contributed by atoms with Gasteiger partial charge in [0, 0.05) is 5.02 Å². The number of carbonyl (C=O) groups excluding carboxylic acids is 3. The van der Waals surface area contributed by atoms with E-state index in [-0.39, 0.29) is 11.4 Å². The van der Waals surface area contributed by atoms with Crippen molar-refractivity contribution in [1.82, 2.24) is 10.2 Å². The van der Waals surface area contributed by atoms with Gasteiger partial charge < -0.3 is 20.1 Å². The normalized spacial score (nSPS) is 14.0. The van der Waals surface area contributed by atoms with Gasteiger partial charge in [0.15, 0.2) is 11.5 Å². The van der Waals surface area contributed by atoms with Crippen molar-refractivity contribution in [2.24, 2.45) is 0 Å². The van der Waals surface area contributed by atoms with Gasteiger partial charge in [-0.1, -0.05) is 35.9 Å². The van der Waals surface area contributed by atoms with Gasteiger partial charge in [0.1, 0.15) is 24.7 Å². The Morgan fingerprint density at radius 1 is 1.13 bits per heavy atom. The lowest BCUT2D eigenvalue weighted by Gasteiger charge is -2.15.